The first-order valence-electron chi connectivity index (χ1n) is 2.89. The second kappa shape index (κ2) is 5.28. The van der Waals surface area contributed by atoms with Crippen molar-refractivity contribution in [2.24, 2.45) is 16.3 Å². The van der Waals surface area contributed by atoms with E-state index >= 15 is 0 Å². The highest BCUT2D eigenvalue weighted by Gasteiger charge is 1.80. The summed E-state index contributed by atoms with van der Waals surface area (Å²) in [6.07, 6.45) is 3.42. The van der Waals surface area contributed by atoms with Gasteiger partial charge in [-0.1, -0.05) is 13.8 Å². The van der Waals surface area contributed by atoms with E-state index < -0.39 is 0 Å². The summed E-state index contributed by atoms with van der Waals surface area (Å²) in [5.41, 5.74) is 0. The van der Waals surface area contributed by atoms with Crippen molar-refractivity contribution in [3.63, 3.8) is 0 Å². The lowest BCUT2D eigenvalue weighted by Crippen LogP contribution is -1.76. The molecule has 3 nitrogen and oxygen atoms in total. The zero-order valence-corrected chi connectivity index (χ0v) is 6.03. The third-order valence-corrected chi connectivity index (χ3v) is 0.653. The first-order valence-corrected chi connectivity index (χ1v) is 2.89. The second-order valence-corrected chi connectivity index (χ2v) is 1.96. The van der Waals surface area contributed by atoms with Gasteiger partial charge < -0.3 is 4.84 Å². The fourth-order valence-corrected chi connectivity index (χ4v) is 0.267. The maximum Gasteiger partial charge on any atom is 0.120 e. The molecule has 52 valence electrons. The fourth-order valence-electron chi connectivity index (χ4n) is 0.267. The lowest BCUT2D eigenvalue weighted by molar-refractivity contribution is 0.238. The van der Waals surface area contributed by atoms with E-state index in [0.29, 0.717) is 5.92 Å². The van der Waals surface area contributed by atoms with E-state index in [9.17, 15) is 0 Å². The van der Waals surface area contributed by atoms with Crippen molar-refractivity contribution in [1.29, 1.82) is 0 Å². The maximum atomic E-state index is 4.57. The average molecular weight is 128 g/mol. The van der Waals surface area contributed by atoms with Crippen LogP contribution in [0.15, 0.2) is 22.7 Å². The predicted octanol–water partition coefficient (Wildman–Crippen LogP) is 2.17. The zero-order valence-electron chi connectivity index (χ0n) is 6.03. The van der Waals surface area contributed by atoms with E-state index in [1.54, 1.807) is 7.05 Å². The van der Waals surface area contributed by atoms with Crippen LogP contribution in [-0.4, -0.2) is 7.05 Å². The van der Waals surface area contributed by atoms with Gasteiger partial charge in [-0.05, 0) is 12.0 Å². The lowest BCUT2D eigenvalue weighted by Gasteiger charge is -1.89. The highest BCUT2D eigenvalue weighted by Crippen LogP contribution is 1.93. The summed E-state index contributed by atoms with van der Waals surface area (Å²) in [4.78, 5) is 4.57. The van der Waals surface area contributed by atoms with E-state index in [2.05, 4.69) is 29.1 Å². The van der Waals surface area contributed by atoms with Crippen LogP contribution in [0.25, 0.3) is 0 Å². The van der Waals surface area contributed by atoms with Gasteiger partial charge in [0.15, 0.2) is 0 Å². The summed E-state index contributed by atoms with van der Waals surface area (Å²) >= 11 is 0. The van der Waals surface area contributed by atoms with Gasteiger partial charge in [-0.3, -0.25) is 0 Å². The molecule has 0 aliphatic heterocycles. The number of hydrogen-bond donors (Lipinski definition) is 0. The molecule has 0 fully saturated rings. The number of hydrogen-bond acceptors (Lipinski definition) is 3. The largest absolute Gasteiger partial charge is 0.348 e. The Hall–Kier alpha value is -0.860. The van der Waals surface area contributed by atoms with E-state index in [-0.39, 0.29) is 0 Å². The van der Waals surface area contributed by atoms with Crippen molar-refractivity contribution in [2.75, 3.05) is 7.05 Å². The first-order chi connectivity index (χ1) is 4.27. The lowest BCUT2D eigenvalue weighted by atomic mass is 10.2. The summed E-state index contributed by atoms with van der Waals surface area (Å²) in [5.74, 6) is 0.497. The van der Waals surface area contributed by atoms with E-state index in [0.717, 1.165) is 0 Å². The van der Waals surface area contributed by atoms with Gasteiger partial charge in [-0.25, -0.2) is 0 Å². The van der Waals surface area contributed by atoms with Gasteiger partial charge in [0, 0.05) is 5.28 Å². The molecule has 3 heteroatoms. The van der Waals surface area contributed by atoms with Gasteiger partial charge in [0.25, 0.3) is 0 Å². The molecule has 0 amide bonds. The molecule has 0 rings (SSSR count). The molecule has 9 heavy (non-hydrogen) atoms. The third kappa shape index (κ3) is 7.14. The molecule has 0 radical (unpaired) electrons. The van der Waals surface area contributed by atoms with Crippen LogP contribution in [0.5, 0.6) is 0 Å². The van der Waals surface area contributed by atoms with Crippen molar-refractivity contribution in [3.8, 4) is 0 Å². The van der Waals surface area contributed by atoms with Crippen molar-refractivity contribution >= 4 is 0 Å². The minimum Gasteiger partial charge on any atom is -0.348 e. The van der Waals surface area contributed by atoms with Crippen LogP contribution in [0, 0.1) is 5.92 Å². The number of allylic oxidation sites excluding steroid dienone is 1. The van der Waals surface area contributed by atoms with Crippen LogP contribution in [0.1, 0.15) is 13.8 Å². The zero-order chi connectivity index (χ0) is 7.11. The molecule has 0 aliphatic rings. The van der Waals surface area contributed by atoms with Gasteiger partial charge in [0.2, 0.25) is 0 Å². The summed E-state index contributed by atoms with van der Waals surface area (Å²) in [6, 6.07) is 0. The minimum absolute atomic E-state index is 0.497. The molecule has 0 aromatic rings. The van der Waals surface area contributed by atoms with Gasteiger partial charge in [0.1, 0.15) is 6.26 Å². The summed E-state index contributed by atoms with van der Waals surface area (Å²) in [6.45, 7) is 4.12. The Morgan fingerprint density at radius 1 is 1.44 bits per heavy atom. The van der Waals surface area contributed by atoms with Crippen LogP contribution in [-0.2, 0) is 4.84 Å². The smallest absolute Gasteiger partial charge is 0.120 e. The van der Waals surface area contributed by atoms with Crippen LogP contribution in [0.4, 0.5) is 0 Å². The first kappa shape index (κ1) is 8.14. The number of nitrogens with zero attached hydrogens (tertiary/aromatic N) is 2. The Morgan fingerprint density at radius 2 is 2.11 bits per heavy atom. The predicted molar refractivity (Wildman–Crippen MR) is 35.8 cm³/mol. The molecule has 0 spiro atoms. The SMILES string of the molecule is C/N=N\O/C=C/C(C)C. The van der Waals surface area contributed by atoms with Gasteiger partial charge in [0.05, 0.1) is 7.05 Å². The van der Waals surface area contributed by atoms with Crippen molar-refractivity contribution in [3.05, 3.63) is 12.3 Å². The summed E-state index contributed by atoms with van der Waals surface area (Å²) < 4.78 is 0. The minimum atomic E-state index is 0.497. The highest BCUT2D eigenvalue weighted by molar-refractivity contribution is 4.76. The molecule has 0 bridgehead atoms. The standard InChI is InChI=1S/C6H12N2O/c1-6(2)4-5-9-8-7-3/h4-6H,1-3H3/b5-4+,8-7-. The molecule has 0 unspecified atom stereocenters. The maximum absolute atomic E-state index is 4.57. The Bertz CT molecular complexity index is 108. The Kier molecular flexibility index (Phi) is 4.78. The van der Waals surface area contributed by atoms with Crippen molar-refractivity contribution < 1.29 is 4.84 Å². The molecular weight excluding hydrogens is 116 g/mol. The topological polar surface area (TPSA) is 34.0 Å². The van der Waals surface area contributed by atoms with Crippen LogP contribution in [0.2, 0.25) is 0 Å². The molecule has 0 N–H and O–H groups in total. The summed E-state index contributed by atoms with van der Waals surface area (Å²) in [5, 5.41) is 6.67. The van der Waals surface area contributed by atoms with Gasteiger partial charge in [-0.2, -0.15) is 5.11 Å². The molecule has 0 aromatic heterocycles. The van der Waals surface area contributed by atoms with Crippen LogP contribution in [0.3, 0.4) is 0 Å². The van der Waals surface area contributed by atoms with Gasteiger partial charge >= 0.3 is 0 Å². The second-order valence-electron chi connectivity index (χ2n) is 1.96. The molecule has 0 saturated carbocycles. The van der Waals surface area contributed by atoms with E-state index in [1.807, 2.05) is 6.08 Å². The van der Waals surface area contributed by atoms with Crippen molar-refractivity contribution in [1.82, 2.24) is 0 Å². The molecular formula is C6H12N2O. The van der Waals surface area contributed by atoms with Gasteiger partial charge in [-0.15, -0.1) is 0 Å². The molecule has 0 saturated heterocycles. The molecule has 0 aliphatic carbocycles. The third-order valence-electron chi connectivity index (χ3n) is 0.653. The molecule has 0 atom stereocenters. The Balaban J connectivity index is 3.25. The number of rotatable bonds is 3. The quantitative estimate of drug-likeness (QED) is 0.326. The highest BCUT2D eigenvalue weighted by atomic mass is 16.6. The Labute approximate surface area is 55.4 Å². The fraction of sp³-hybridized carbons (Fsp3) is 0.667. The van der Waals surface area contributed by atoms with Crippen molar-refractivity contribution in [2.45, 2.75) is 13.8 Å². The Morgan fingerprint density at radius 3 is 2.56 bits per heavy atom. The van der Waals surface area contributed by atoms with Crippen LogP contribution < -0.4 is 0 Å². The molecule has 0 aromatic carbocycles. The normalized spacial score (nSPS) is 12.0. The monoisotopic (exact) mass is 128 g/mol. The van der Waals surface area contributed by atoms with Crippen LogP contribution >= 0.6 is 0 Å². The van der Waals surface area contributed by atoms with E-state index in [4.69, 9.17) is 0 Å². The van der Waals surface area contributed by atoms with E-state index in [1.165, 1.54) is 6.26 Å². The molecule has 0 heterocycles. The summed E-state index contributed by atoms with van der Waals surface area (Å²) in [7, 11) is 1.56. The average Bonchev–Trinajstić information content (AvgIpc) is 1.80.